The van der Waals surface area contributed by atoms with E-state index in [1.807, 2.05) is 13.0 Å². The van der Waals surface area contributed by atoms with Crippen LogP contribution >= 0.6 is 0 Å². The molecule has 2 rings (SSSR count). The van der Waals surface area contributed by atoms with Gasteiger partial charge in [0.25, 0.3) is 5.91 Å². The Balaban J connectivity index is 1.96. The van der Waals surface area contributed by atoms with E-state index < -0.39 is 0 Å². The van der Waals surface area contributed by atoms with E-state index in [9.17, 15) is 4.79 Å². The highest BCUT2D eigenvalue weighted by molar-refractivity contribution is 5.94. The predicted octanol–water partition coefficient (Wildman–Crippen LogP) is 2.60. The van der Waals surface area contributed by atoms with E-state index in [1.165, 1.54) is 12.8 Å². The molecule has 2 N–H and O–H groups in total. The molecule has 1 aromatic rings. The molecule has 5 nitrogen and oxygen atoms in total. The molecule has 5 heteroatoms. The molecule has 1 unspecified atom stereocenters. The summed E-state index contributed by atoms with van der Waals surface area (Å²) in [6, 6.07) is 5.38. The van der Waals surface area contributed by atoms with Crippen LogP contribution in [-0.2, 0) is 0 Å². The normalized spacial score (nSPS) is 17.6. The van der Waals surface area contributed by atoms with Crippen molar-refractivity contribution in [2.45, 2.75) is 33.1 Å². The van der Waals surface area contributed by atoms with Crippen molar-refractivity contribution in [3.63, 3.8) is 0 Å². The lowest BCUT2D eigenvalue weighted by Crippen LogP contribution is -2.38. The number of carbonyl (C=O) groups is 1. The van der Waals surface area contributed by atoms with E-state index >= 15 is 0 Å². The smallest absolute Gasteiger partial charge is 0.251 e. The maximum Gasteiger partial charge on any atom is 0.251 e. The quantitative estimate of drug-likeness (QED) is 0.773. The number of piperidine rings is 1. The minimum atomic E-state index is -0.0569. The first-order valence-electron chi connectivity index (χ1n) is 8.63. The zero-order chi connectivity index (χ0) is 16.5. The van der Waals surface area contributed by atoms with Crippen LogP contribution in [0.2, 0.25) is 0 Å². The van der Waals surface area contributed by atoms with Gasteiger partial charge in [-0.15, -0.1) is 0 Å². The minimum Gasteiger partial charge on any atom is -0.490 e. The van der Waals surface area contributed by atoms with Crippen molar-refractivity contribution >= 4 is 5.91 Å². The molecule has 1 heterocycles. The van der Waals surface area contributed by atoms with Crippen LogP contribution in [0, 0.1) is 5.92 Å². The van der Waals surface area contributed by atoms with Crippen molar-refractivity contribution < 1.29 is 14.3 Å². The Hall–Kier alpha value is -1.75. The van der Waals surface area contributed by atoms with Gasteiger partial charge in [0.1, 0.15) is 0 Å². The number of rotatable bonds is 8. The highest BCUT2D eigenvalue weighted by atomic mass is 16.5. The molecule has 1 amide bonds. The number of ether oxygens (including phenoxy) is 2. The molecule has 1 atom stereocenters. The molecule has 0 bridgehead atoms. The van der Waals surface area contributed by atoms with Crippen LogP contribution < -0.4 is 20.1 Å². The number of carbonyl (C=O) groups excluding carboxylic acids is 1. The van der Waals surface area contributed by atoms with Gasteiger partial charge in [0.05, 0.1) is 13.2 Å². The van der Waals surface area contributed by atoms with Gasteiger partial charge in [0, 0.05) is 12.1 Å². The second-order valence-electron chi connectivity index (χ2n) is 5.87. The summed E-state index contributed by atoms with van der Waals surface area (Å²) in [4.78, 5) is 12.3. The average molecular weight is 320 g/mol. The minimum absolute atomic E-state index is 0.0569. The first-order chi connectivity index (χ1) is 11.2. The molecule has 128 valence electrons. The molecule has 0 saturated carbocycles. The van der Waals surface area contributed by atoms with Gasteiger partial charge in [0.2, 0.25) is 0 Å². The molecule has 0 aliphatic carbocycles. The van der Waals surface area contributed by atoms with Gasteiger partial charge in [-0.2, -0.15) is 0 Å². The highest BCUT2D eigenvalue weighted by Crippen LogP contribution is 2.28. The molecule has 1 aliphatic rings. The first kappa shape index (κ1) is 17.6. The molecule has 1 saturated heterocycles. The summed E-state index contributed by atoms with van der Waals surface area (Å²) in [5.41, 5.74) is 0.612. The second-order valence-corrected chi connectivity index (χ2v) is 5.87. The van der Waals surface area contributed by atoms with Crippen molar-refractivity contribution in [2.75, 3.05) is 32.8 Å². The number of amides is 1. The number of hydrogen-bond acceptors (Lipinski definition) is 4. The summed E-state index contributed by atoms with van der Waals surface area (Å²) in [6.07, 6.45) is 3.28. The lowest BCUT2D eigenvalue weighted by Gasteiger charge is -2.23. The maximum absolute atomic E-state index is 12.3. The third-order valence-corrected chi connectivity index (χ3v) is 3.92. The van der Waals surface area contributed by atoms with Gasteiger partial charge in [-0.3, -0.25) is 4.79 Å². The monoisotopic (exact) mass is 320 g/mol. The van der Waals surface area contributed by atoms with E-state index in [4.69, 9.17) is 9.47 Å². The zero-order valence-electron chi connectivity index (χ0n) is 14.2. The summed E-state index contributed by atoms with van der Waals surface area (Å²) < 4.78 is 11.3. The lowest BCUT2D eigenvalue weighted by atomic mass is 9.99. The fourth-order valence-corrected chi connectivity index (χ4v) is 2.69. The fraction of sp³-hybridized carbons (Fsp3) is 0.611. The molecule has 1 aromatic carbocycles. The summed E-state index contributed by atoms with van der Waals surface area (Å²) in [5.74, 6) is 1.79. The van der Waals surface area contributed by atoms with Gasteiger partial charge in [-0.05, 0) is 63.4 Å². The SMILES string of the molecule is CCCOc1ccc(C(=O)NCC2CCCNC2)cc1OCC. The Morgan fingerprint density at radius 1 is 1.30 bits per heavy atom. The second kappa shape index (κ2) is 9.40. The molecule has 0 radical (unpaired) electrons. The molecular formula is C18H28N2O3. The molecule has 23 heavy (non-hydrogen) atoms. The van der Waals surface area contributed by atoms with Crippen molar-refractivity contribution in [1.82, 2.24) is 10.6 Å². The largest absolute Gasteiger partial charge is 0.490 e. The zero-order valence-corrected chi connectivity index (χ0v) is 14.2. The van der Waals surface area contributed by atoms with Gasteiger partial charge in [-0.1, -0.05) is 6.92 Å². The van der Waals surface area contributed by atoms with Crippen LogP contribution in [0.4, 0.5) is 0 Å². The Labute approximate surface area is 138 Å². The van der Waals surface area contributed by atoms with E-state index in [0.717, 1.165) is 19.5 Å². The standard InChI is InChI=1S/C18H28N2O3/c1-3-10-23-16-8-7-15(11-17(16)22-4-2)18(21)20-13-14-6-5-9-19-12-14/h7-8,11,14,19H,3-6,9-10,12-13H2,1-2H3,(H,20,21). The Morgan fingerprint density at radius 2 is 2.17 bits per heavy atom. The Kier molecular flexibility index (Phi) is 7.20. The van der Waals surface area contributed by atoms with Crippen LogP contribution in [0.15, 0.2) is 18.2 Å². The number of nitrogens with one attached hydrogen (secondary N) is 2. The Bertz CT molecular complexity index is 499. The summed E-state index contributed by atoms with van der Waals surface area (Å²) in [7, 11) is 0. The Morgan fingerprint density at radius 3 is 2.87 bits per heavy atom. The third-order valence-electron chi connectivity index (χ3n) is 3.92. The summed E-state index contributed by atoms with van der Waals surface area (Å²) >= 11 is 0. The van der Waals surface area contributed by atoms with E-state index in [0.29, 0.717) is 42.7 Å². The molecule has 1 aliphatic heterocycles. The van der Waals surface area contributed by atoms with Crippen LogP contribution in [0.25, 0.3) is 0 Å². The first-order valence-corrected chi connectivity index (χ1v) is 8.63. The topological polar surface area (TPSA) is 59.6 Å². The van der Waals surface area contributed by atoms with Crippen LogP contribution in [0.1, 0.15) is 43.5 Å². The predicted molar refractivity (Wildman–Crippen MR) is 91.3 cm³/mol. The highest BCUT2D eigenvalue weighted by Gasteiger charge is 2.16. The van der Waals surface area contributed by atoms with Crippen molar-refractivity contribution in [3.05, 3.63) is 23.8 Å². The van der Waals surface area contributed by atoms with Crippen molar-refractivity contribution in [2.24, 2.45) is 5.92 Å². The van der Waals surface area contributed by atoms with Gasteiger partial charge < -0.3 is 20.1 Å². The fourth-order valence-electron chi connectivity index (χ4n) is 2.69. The van der Waals surface area contributed by atoms with Crippen LogP contribution in [-0.4, -0.2) is 38.8 Å². The lowest BCUT2D eigenvalue weighted by molar-refractivity contribution is 0.0944. The van der Waals surface area contributed by atoms with Crippen molar-refractivity contribution in [3.8, 4) is 11.5 Å². The third kappa shape index (κ3) is 5.43. The van der Waals surface area contributed by atoms with Gasteiger partial charge in [-0.25, -0.2) is 0 Å². The average Bonchev–Trinajstić information content (AvgIpc) is 2.59. The summed E-state index contributed by atoms with van der Waals surface area (Å²) in [6.45, 7) is 7.94. The molecular weight excluding hydrogens is 292 g/mol. The molecule has 0 aromatic heterocycles. The van der Waals surface area contributed by atoms with Crippen molar-refractivity contribution in [1.29, 1.82) is 0 Å². The van der Waals surface area contributed by atoms with E-state index in [-0.39, 0.29) is 5.91 Å². The van der Waals surface area contributed by atoms with Gasteiger partial charge in [0.15, 0.2) is 11.5 Å². The molecule has 0 spiro atoms. The molecule has 1 fully saturated rings. The van der Waals surface area contributed by atoms with E-state index in [2.05, 4.69) is 17.6 Å². The van der Waals surface area contributed by atoms with Crippen LogP contribution in [0.3, 0.4) is 0 Å². The number of hydrogen-bond donors (Lipinski definition) is 2. The van der Waals surface area contributed by atoms with E-state index in [1.54, 1.807) is 12.1 Å². The maximum atomic E-state index is 12.3. The van der Waals surface area contributed by atoms with Crippen LogP contribution in [0.5, 0.6) is 11.5 Å². The summed E-state index contributed by atoms with van der Waals surface area (Å²) in [5, 5.41) is 6.39. The number of benzene rings is 1. The van der Waals surface area contributed by atoms with Gasteiger partial charge >= 0.3 is 0 Å².